The van der Waals surface area contributed by atoms with Crippen LogP contribution in [0.15, 0.2) is 0 Å². The van der Waals surface area contributed by atoms with Crippen LogP contribution in [0.25, 0.3) is 0 Å². The van der Waals surface area contributed by atoms with Gasteiger partial charge < -0.3 is 15.7 Å². The summed E-state index contributed by atoms with van der Waals surface area (Å²) in [4.78, 5) is 23.4. The Morgan fingerprint density at radius 2 is 1.85 bits per heavy atom. The van der Waals surface area contributed by atoms with Crippen LogP contribution >= 0.6 is 0 Å². The topological polar surface area (TPSA) is 78.4 Å². The minimum atomic E-state index is -0.798. The van der Waals surface area contributed by atoms with E-state index in [0.717, 1.165) is 32.1 Å². The van der Waals surface area contributed by atoms with Crippen LogP contribution < -0.4 is 10.6 Å². The summed E-state index contributed by atoms with van der Waals surface area (Å²) in [6.07, 6.45) is 5.24. The summed E-state index contributed by atoms with van der Waals surface area (Å²) in [7, 11) is 0. The number of hydrogen-bond donors (Lipinski definition) is 3. The van der Waals surface area contributed by atoms with Gasteiger partial charge in [-0.2, -0.15) is 0 Å². The maximum atomic E-state index is 12.1. The van der Waals surface area contributed by atoms with Crippen molar-refractivity contribution in [3.05, 3.63) is 0 Å². The van der Waals surface area contributed by atoms with E-state index in [0.29, 0.717) is 12.3 Å². The Bertz CT molecular complexity index is 331. The molecule has 3 N–H and O–H groups in total. The predicted molar refractivity (Wildman–Crippen MR) is 78.6 cm³/mol. The molecule has 0 aromatic carbocycles. The average Bonchev–Trinajstić information content (AvgIpc) is 2.61. The van der Waals surface area contributed by atoms with Gasteiger partial charge in [0.25, 0.3) is 0 Å². The van der Waals surface area contributed by atoms with Gasteiger partial charge in [0.1, 0.15) is 0 Å². The van der Waals surface area contributed by atoms with E-state index in [2.05, 4.69) is 24.5 Å². The maximum Gasteiger partial charge on any atom is 0.315 e. The third kappa shape index (κ3) is 5.02. The van der Waals surface area contributed by atoms with Crippen molar-refractivity contribution in [2.45, 2.75) is 71.4 Å². The molecule has 0 aliphatic heterocycles. The van der Waals surface area contributed by atoms with E-state index in [1.807, 2.05) is 6.92 Å². The van der Waals surface area contributed by atoms with Gasteiger partial charge in [0.05, 0.1) is 5.92 Å². The summed E-state index contributed by atoms with van der Waals surface area (Å²) < 4.78 is 0. The van der Waals surface area contributed by atoms with Crippen LogP contribution in [0.1, 0.15) is 59.3 Å². The van der Waals surface area contributed by atoms with Crippen molar-refractivity contribution in [2.24, 2.45) is 11.8 Å². The molecule has 0 bridgehead atoms. The monoisotopic (exact) mass is 284 g/mol. The number of hydrogen-bond acceptors (Lipinski definition) is 2. The van der Waals surface area contributed by atoms with Gasteiger partial charge in [0.15, 0.2) is 0 Å². The number of nitrogens with one attached hydrogen (secondary N) is 2. The molecule has 0 heterocycles. The Labute approximate surface area is 121 Å². The first-order chi connectivity index (χ1) is 9.45. The van der Waals surface area contributed by atoms with Crippen molar-refractivity contribution in [1.82, 2.24) is 10.6 Å². The zero-order chi connectivity index (χ0) is 15.1. The second-order valence-corrected chi connectivity index (χ2v) is 6.07. The third-order valence-corrected chi connectivity index (χ3v) is 4.21. The lowest BCUT2D eigenvalue weighted by Gasteiger charge is -2.26. The summed E-state index contributed by atoms with van der Waals surface area (Å²) in [5.74, 6) is -0.884. The standard InChI is InChI=1S/C15H28N2O3/c1-4-12(10(2)3)16-15(20)17-13-9-7-5-6-8-11(13)14(18)19/h10-13H,4-9H2,1-3H3,(H,18,19)(H2,16,17,20). The minimum absolute atomic E-state index is 0.129. The summed E-state index contributed by atoms with van der Waals surface area (Å²) in [5, 5.41) is 15.1. The minimum Gasteiger partial charge on any atom is -0.481 e. The van der Waals surface area contributed by atoms with Crippen LogP contribution in [0.3, 0.4) is 0 Å². The van der Waals surface area contributed by atoms with Crippen LogP contribution in [-0.4, -0.2) is 29.2 Å². The molecule has 0 saturated heterocycles. The summed E-state index contributed by atoms with van der Waals surface area (Å²) >= 11 is 0. The van der Waals surface area contributed by atoms with Gasteiger partial charge in [-0.25, -0.2) is 4.79 Å². The number of carbonyl (C=O) groups excluding carboxylic acids is 1. The molecule has 5 nitrogen and oxygen atoms in total. The van der Waals surface area contributed by atoms with E-state index in [-0.39, 0.29) is 18.1 Å². The molecule has 1 aliphatic rings. The summed E-state index contributed by atoms with van der Waals surface area (Å²) in [5.41, 5.74) is 0. The van der Waals surface area contributed by atoms with Crippen molar-refractivity contribution >= 4 is 12.0 Å². The fourth-order valence-corrected chi connectivity index (χ4v) is 2.89. The Hall–Kier alpha value is -1.26. The third-order valence-electron chi connectivity index (χ3n) is 4.21. The molecule has 0 radical (unpaired) electrons. The van der Waals surface area contributed by atoms with E-state index >= 15 is 0 Å². The van der Waals surface area contributed by atoms with Crippen LogP contribution in [0.4, 0.5) is 4.79 Å². The molecule has 3 unspecified atom stereocenters. The fourth-order valence-electron chi connectivity index (χ4n) is 2.89. The number of aliphatic carboxylic acids is 1. The van der Waals surface area contributed by atoms with Crippen LogP contribution in [0.5, 0.6) is 0 Å². The molecular weight excluding hydrogens is 256 g/mol. The highest BCUT2D eigenvalue weighted by Crippen LogP contribution is 2.23. The smallest absolute Gasteiger partial charge is 0.315 e. The second-order valence-electron chi connectivity index (χ2n) is 6.07. The summed E-state index contributed by atoms with van der Waals surface area (Å²) in [6.45, 7) is 6.18. The average molecular weight is 284 g/mol. The van der Waals surface area contributed by atoms with E-state index in [9.17, 15) is 14.7 Å². The molecule has 116 valence electrons. The van der Waals surface area contributed by atoms with Gasteiger partial charge in [0.2, 0.25) is 0 Å². The number of carboxylic acids is 1. The van der Waals surface area contributed by atoms with Gasteiger partial charge in [-0.3, -0.25) is 4.79 Å². The van der Waals surface area contributed by atoms with Crippen molar-refractivity contribution in [3.63, 3.8) is 0 Å². The van der Waals surface area contributed by atoms with E-state index in [4.69, 9.17) is 0 Å². The van der Waals surface area contributed by atoms with E-state index < -0.39 is 11.9 Å². The maximum absolute atomic E-state index is 12.1. The fraction of sp³-hybridized carbons (Fsp3) is 0.867. The Balaban J connectivity index is 2.59. The number of rotatable bonds is 5. The molecule has 5 heteroatoms. The molecule has 1 saturated carbocycles. The van der Waals surface area contributed by atoms with Crippen LogP contribution in [0, 0.1) is 11.8 Å². The molecule has 2 amide bonds. The van der Waals surface area contributed by atoms with Gasteiger partial charge >= 0.3 is 12.0 Å². The van der Waals surface area contributed by atoms with Crippen molar-refractivity contribution < 1.29 is 14.7 Å². The number of carbonyl (C=O) groups is 2. The first-order valence-electron chi connectivity index (χ1n) is 7.75. The van der Waals surface area contributed by atoms with Crippen molar-refractivity contribution in [2.75, 3.05) is 0 Å². The highest BCUT2D eigenvalue weighted by atomic mass is 16.4. The van der Waals surface area contributed by atoms with Crippen LogP contribution in [-0.2, 0) is 4.79 Å². The highest BCUT2D eigenvalue weighted by molar-refractivity contribution is 5.77. The molecule has 0 spiro atoms. The van der Waals surface area contributed by atoms with Crippen LogP contribution in [0.2, 0.25) is 0 Å². The Morgan fingerprint density at radius 1 is 1.20 bits per heavy atom. The normalized spacial score (nSPS) is 24.8. The second kappa shape index (κ2) is 8.12. The lowest BCUT2D eigenvalue weighted by Crippen LogP contribution is -2.50. The van der Waals surface area contributed by atoms with Gasteiger partial charge in [-0.1, -0.05) is 40.0 Å². The number of carboxylic acid groups (broad SMARTS) is 1. The predicted octanol–water partition coefficient (Wildman–Crippen LogP) is 2.75. The Morgan fingerprint density at radius 3 is 2.40 bits per heavy atom. The number of urea groups is 1. The largest absolute Gasteiger partial charge is 0.481 e. The SMILES string of the molecule is CCC(NC(=O)NC1CCCCCC1C(=O)O)C(C)C. The van der Waals surface area contributed by atoms with E-state index in [1.54, 1.807) is 0 Å². The van der Waals surface area contributed by atoms with Gasteiger partial charge in [-0.05, 0) is 25.2 Å². The van der Waals surface area contributed by atoms with Gasteiger partial charge in [-0.15, -0.1) is 0 Å². The molecule has 0 aromatic heterocycles. The molecular formula is C15H28N2O3. The molecule has 1 rings (SSSR count). The first-order valence-corrected chi connectivity index (χ1v) is 7.75. The van der Waals surface area contributed by atoms with E-state index in [1.165, 1.54) is 0 Å². The highest BCUT2D eigenvalue weighted by Gasteiger charge is 2.30. The number of amides is 2. The first kappa shape index (κ1) is 16.8. The summed E-state index contributed by atoms with van der Waals surface area (Å²) in [6, 6.07) is -0.354. The molecule has 3 atom stereocenters. The molecule has 1 fully saturated rings. The zero-order valence-corrected chi connectivity index (χ0v) is 12.8. The van der Waals surface area contributed by atoms with Crippen molar-refractivity contribution in [3.8, 4) is 0 Å². The quantitative estimate of drug-likeness (QED) is 0.679. The Kier molecular flexibility index (Phi) is 6.82. The molecule has 20 heavy (non-hydrogen) atoms. The molecule has 0 aromatic rings. The zero-order valence-electron chi connectivity index (χ0n) is 12.8. The van der Waals surface area contributed by atoms with Crippen molar-refractivity contribution in [1.29, 1.82) is 0 Å². The lowest BCUT2D eigenvalue weighted by atomic mass is 9.95. The lowest BCUT2D eigenvalue weighted by molar-refractivity contribution is -0.142. The van der Waals surface area contributed by atoms with Gasteiger partial charge in [0, 0.05) is 12.1 Å². The molecule has 1 aliphatic carbocycles.